The van der Waals surface area contributed by atoms with Gasteiger partial charge in [0.2, 0.25) is 0 Å². The average Bonchev–Trinajstić information content (AvgIpc) is 2.96. The van der Waals surface area contributed by atoms with Crippen LogP contribution in [-0.2, 0) is 0 Å². The first-order chi connectivity index (χ1) is 11.7. The minimum Gasteiger partial charge on any atom is -0.459 e. The van der Waals surface area contributed by atoms with Crippen molar-refractivity contribution < 1.29 is 9.21 Å². The van der Waals surface area contributed by atoms with Crippen LogP contribution in [0.2, 0.25) is 0 Å². The standard InChI is InChI=1S/C19H34N4O2/c1-14-9-13-25-16(14)17(24)21-11-7-12-22-18(20-6)23-15(2)8-10-19(3,4)5/h9,13,15H,7-8,10-12H2,1-6H3,(H,21,24)(H2,20,22,23). The van der Waals surface area contributed by atoms with E-state index in [9.17, 15) is 4.79 Å². The number of furan rings is 1. The molecule has 1 aromatic rings. The maximum absolute atomic E-state index is 11.9. The summed E-state index contributed by atoms with van der Waals surface area (Å²) < 4.78 is 5.17. The van der Waals surface area contributed by atoms with Gasteiger partial charge in [-0.1, -0.05) is 20.8 Å². The number of nitrogens with one attached hydrogen (secondary N) is 3. The largest absolute Gasteiger partial charge is 0.459 e. The van der Waals surface area contributed by atoms with E-state index in [0.29, 0.717) is 23.8 Å². The van der Waals surface area contributed by atoms with Crippen LogP contribution < -0.4 is 16.0 Å². The molecule has 0 radical (unpaired) electrons. The molecule has 142 valence electrons. The summed E-state index contributed by atoms with van der Waals surface area (Å²) in [5, 5.41) is 9.55. The fraction of sp³-hybridized carbons (Fsp3) is 0.684. The monoisotopic (exact) mass is 350 g/mol. The summed E-state index contributed by atoms with van der Waals surface area (Å²) in [7, 11) is 1.77. The molecule has 0 saturated heterocycles. The van der Waals surface area contributed by atoms with Crippen LogP contribution >= 0.6 is 0 Å². The lowest BCUT2D eigenvalue weighted by Crippen LogP contribution is -2.43. The van der Waals surface area contributed by atoms with E-state index >= 15 is 0 Å². The molecule has 25 heavy (non-hydrogen) atoms. The number of nitrogens with zero attached hydrogens (tertiary/aromatic N) is 1. The van der Waals surface area contributed by atoms with Crippen molar-refractivity contribution in [2.24, 2.45) is 10.4 Å². The SMILES string of the molecule is CN=C(NCCCNC(=O)c1occc1C)NC(C)CCC(C)(C)C. The van der Waals surface area contributed by atoms with Gasteiger partial charge in [0.1, 0.15) is 0 Å². The van der Waals surface area contributed by atoms with E-state index in [2.05, 4.69) is 48.6 Å². The molecule has 6 nitrogen and oxygen atoms in total. The third-order valence-corrected chi connectivity index (χ3v) is 3.93. The summed E-state index contributed by atoms with van der Waals surface area (Å²) >= 11 is 0. The number of rotatable bonds is 8. The van der Waals surface area contributed by atoms with Crippen molar-refractivity contribution in [3.05, 3.63) is 23.7 Å². The van der Waals surface area contributed by atoms with Crippen LogP contribution in [-0.4, -0.2) is 38.0 Å². The van der Waals surface area contributed by atoms with Gasteiger partial charge in [0.05, 0.1) is 6.26 Å². The van der Waals surface area contributed by atoms with Crippen molar-refractivity contribution in [1.29, 1.82) is 0 Å². The molecule has 0 aliphatic carbocycles. The van der Waals surface area contributed by atoms with E-state index in [-0.39, 0.29) is 5.91 Å². The predicted molar refractivity (Wildman–Crippen MR) is 103 cm³/mol. The summed E-state index contributed by atoms with van der Waals surface area (Å²) in [4.78, 5) is 16.2. The van der Waals surface area contributed by atoms with Gasteiger partial charge in [-0.15, -0.1) is 0 Å². The van der Waals surface area contributed by atoms with Gasteiger partial charge in [-0.05, 0) is 44.6 Å². The maximum Gasteiger partial charge on any atom is 0.287 e. The molecule has 1 unspecified atom stereocenters. The van der Waals surface area contributed by atoms with Gasteiger partial charge in [0.15, 0.2) is 11.7 Å². The van der Waals surface area contributed by atoms with E-state index in [1.807, 2.05) is 6.92 Å². The molecule has 0 saturated carbocycles. The highest BCUT2D eigenvalue weighted by Crippen LogP contribution is 2.21. The first-order valence-corrected chi connectivity index (χ1v) is 9.02. The minimum absolute atomic E-state index is 0.166. The lowest BCUT2D eigenvalue weighted by Gasteiger charge is -2.23. The lowest BCUT2D eigenvalue weighted by molar-refractivity contribution is 0.0925. The summed E-state index contributed by atoms with van der Waals surface area (Å²) in [6.07, 6.45) is 4.60. The molecule has 1 amide bonds. The summed E-state index contributed by atoms with van der Waals surface area (Å²) in [5.74, 6) is 1.02. The van der Waals surface area contributed by atoms with Gasteiger partial charge in [-0.3, -0.25) is 9.79 Å². The third-order valence-electron chi connectivity index (χ3n) is 3.93. The molecule has 0 aliphatic rings. The zero-order chi connectivity index (χ0) is 18.9. The van der Waals surface area contributed by atoms with Crippen LogP contribution in [0.25, 0.3) is 0 Å². The molecule has 3 N–H and O–H groups in total. The Morgan fingerprint density at radius 2 is 1.96 bits per heavy atom. The van der Waals surface area contributed by atoms with Crippen LogP contribution in [0.1, 0.15) is 63.1 Å². The zero-order valence-corrected chi connectivity index (χ0v) is 16.5. The second-order valence-electron chi connectivity index (χ2n) is 7.69. The number of aryl methyl sites for hydroxylation is 1. The molecule has 1 aromatic heterocycles. The molecule has 1 rings (SSSR count). The van der Waals surface area contributed by atoms with Crippen molar-refractivity contribution in [2.45, 2.75) is 59.9 Å². The van der Waals surface area contributed by atoms with Gasteiger partial charge in [-0.2, -0.15) is 0 Å². The lowest BCUT2D eigenvalue weighted by atomic mass is 9.89. The summed E-state index contributed by atoms with van der Waals surface area (Å²) in [6, 6.07) is 2.15. The Balaban J connectivity index is 2.21. The zero-order valence-electron chi connectivity index (χ0n) is 16.5. The molecule has 0 fully saturated rings. The van der Waals surface area contributed by atoms with E-state index in [1.54, 1.807) is 13.1 Å². The predicted octanol–water partition coefficient (Wildman–Crippen LogP) is 3.09. The first kappa shape index (κ1) is 21.1. The number of aliphatic imine (C=N–C) groups is 1. The number of carbonyl (C=O) groups excluding carboxylic acids is 1. The van der Waals surface area contributed by atoms with E-state index < -0.39 is 0 Å². The van der Waals surface area contributed by atoms with Gasteiger partial charge < -0.3 is 20.4 Å². The minimum atomic E-state index is -0.166. The summed E-state index contributed by atoms with van der Waals surface area (Å²) in [6.45, 7) is 12.1. The Morgan fingerprint density at radius 3 is 2.52 bits per heavy atom. The van der Waals surface area contributed by atoms with Gasteiger partial charge in [0.25, 0.3) is 5.91 Å². The van der Waals surface area contributed by atoms with Crippen LogP contribution in [0.15, 0.2) is 21.7 Å². The third kappa shape index (κ3) is 8.61. The molecule has 0 bridgehead atoms. The normalized spacial score (nSPS) is 13.4. The second kappa shape index (κ2) is 10.1. The van der Waals surface area contributed by atoms with Crippen molar-refractivity contribution in [3.8, 4) is 0 Å². The van der Waals surface area contributed by atoms with E-state index in [1.165, 1.54) is 6.26 Å². The van der Waals surface area contributed by atoms with Gasteiger partial charge in [-0.25, -0.2) is 0 Å². The van der Waals surface area contributed by atoms with Crippen molar-refractivity contribution in [1.82, 2.24) is 16.0 Å². The number of carbonyl (C=O) groups is 1. The molecule has 6 heteroatoms. The molecule has 0 aromatic carbocycles. The van der Waals surface area contributed by atoms with Crippen LogP contribution in [0, 0.1) is 12.3 Å². The topological polar surface area (TPSA) is 78.7 Å². The second-order valence-corrected chi connectivity index (χ2v) is 7.69. The van der Waals surface area contributed by atoms with E-state index in [4.69, 9.17) is 4.42 Å². The molecule has 0 aliphatic heterocycles. The smallest absolute Gasteiger partial charge is 0.287 e. The van der Waals surface area contributed by atoms with Crippen molar-refractivity contribution in [3.63, 3.8) is 0 Å². The fourth-order valence-electron chi connectivity index (χ4n) is 2.33. The highest BCUT2D eigenvalue weighted by Gasteiger charge is 2.13. The molecular formula is C19H34N4O2. The molecular weight excluding hydrogens is 316 g/mol. The Labute approximate surface area is 151 Å². The highest BCUT2D eigenvalue weighted by atomic mass is 16.3. The van der Waals surface area contributed by atoms with Crippen LogP contribution in [0.3, 0.4) is 0 Å². The summed E-state index contributed by atoms with van der Waals surface area (Å²) in [5.41, 5.74) is 1.20. The van der Waals surface area contributed by atoms with Crippen molar-refractivity contribution >= 4 is 11.9 Å². The molecule has 1 heterocycles. The van der Waals surface area contributed by atoms with Gasteiger partial charge in [0, 0.05) is 31.7 Å². The molecule has 0 spiro atoms. The number of amides is 1. The Bertz CT molecular complexity index is 558. The Morgan fingerprint density at radius 1 is 1.28 bits per heavy atom. The van der Waals surface area contributed by atoms with Crippen LogP contribution in [0.5, 0.6) is 0 Å². The fourth-order valence-corrected chi connectivity index (χ4v) is 2.33. The number of hydrogen-bond acceptors (Lipinski definition) is 3. The Kier molecular flexibility index (Phi) is 8.52. The first-order valence-electron chi connectivity index (χ1n) is 9.02. The van der Waals surface area contributed by atoms with Crippen molar-refractivity contribution in [2.75, 3.05) is 20.1 Å². The van der Waals surface area contributed by atoms with E-state index in [0.717, 1.165) is 37.3 Å². The van der Waals surface area contributed by atoms with Crippen LogP contribution in [0.4, 0.5) is 0 Å². The Hall–Kier alpha value is -1.98. The maximum atomic E-state index is 11.9. The quantitative estimate of drug-likeness (QED) is 0.382. The molecule has 1 atom stereocenters. The number of guanidine groups is 1. The highest BCUT2D eigenvalue weighted by molar-refractivity contribution is 5.92. The number of hydrogen-bond donors (Lipinski definition) is 3. The van der Waals surface area contributed by atoms with Gasteiger partial charge >= 0.3 is 0 Å². The average molecular weight is 351 g/mol.